The molecule has 19 heavy (non-hydrogen) atoms. The van der Waals surface area contributed by atoms with E-state index in [0.29, 0.717) is 0 Å². The van der Waals surface area contributed by atoms with Crippen molar-refractivity contribution in [1.29, 1.82) is 0 Å². The van der Waals surface area contributed by atoms with E-state index in [2.05, 4.69) is 21.0 Å². The number of ether oxygens (including phenoxy) is 1. The standard InChI is InChI=1S/C14H20N4O/c1-18-12-6-3-2-5-10(12)16-14(18)9-11(17-15)13-7-4-8-19-13/h2-3,5-6,11,13,17H,4,7-9,15H2,1H3. The maximum absolute atomic E-state index is 5.71. The number of nitrogens with two attached hydrogens (primary N) is 1. The quantitative estimate of drug-likeness (QED) is 0.639. The van der Waals surface area contributed by atoms with E-state index in [1.54, 1.807) is 0 Å². The van der Waals surface area contributed by atoms with Crippen molar-refractivity contribution in [1.82, 2.24) is 15.0 Å². The molecule has 2 unspecified atom stereocenters. The van der Waals surface area contributed by atoms with Crippen molar-refractivity contribution in [3.63, 3.8) is 0 Å². The van der Waals surface area contributed by atoms with Gasteiger partial charge in [0.1, 0.15) is 5.82 Å². The highest BCUT2D eigenvalue weighted by atomic mass is 16.5. The van der Waals surface area contributed by atoms with Gasteiger partial charge in [-0.15, -0.1) is 0 Å². The molecule has 2 heterocycles. The van der Waals surface area contributed by atoms with E-state index in [1.165, 1.54) is 0 Å². The van der Waals surface area contributed by atoms with E-state index in [0.717, 1.165) is 42.7 Å². The molecule has 5 heteroatoms. The van der Waals surface area contributed by atoms with Crippen molar-refractivity contribution in [2.45, 2.75) is 31.4 Å². The third kappa shape index (κ3) is 2.36. The van der Waals surface area contributed by atoms with Gasteiger partial charge < -0.3 is 9.30 Å². The molecule has 1 aliphatic heterocycles. The molecule has 3 N–H and O–H groups in total. The van der Waals surface area contributed by atoms with Gasteiger partial charge in [0.15, 0.2) is 0 Å². The first-order valence-corrected chi connectivity index (χ1v) is 6.77. The molecule has 0 amide bonds. The average molecular weight is 260 g/mol. The number of hydrogen-bond acceptors (Lipinski definition) is 4. The van der Waals surface area contributed by atoms with Crippen molar-refractivity contribution < 1.29 is 4.74 Å². The third-order valence-corrected chi connectivity index (χ3v) is 3.91. The fourth-order valence-electron chi connectivity index (χ4n) is 2.79. The zero-order valence-corrected chi connectivity index (χ0v) is 11.2. The Bertz CT molecular complexity index is 560. The van der Waals surface area contributed by atoms with Gasteiger partial charge in [-0.3, -0.25) is 11.3 Å². The summed E-state index contributed by atoms with van der Waals surface area (Å²) in [4.78, 5) is 4.68. The predicted octanol–water partition coefficient (Wildman–Crippen LogP) is 1.13. The highest BCUT2D eigenvalue weighted by molar-refractivity contribution is 5.75. The molecular formula is C14H20N4O. The van der Waals surface area contributed by atoms with Crippen molar-refractivity contribution >= 4 is 11.0 Å². The topological polar surface area (TPSA) is 65.1 Å². The molecule has 1 aromatic carbocycles. The van der Waals surface area contributed by atoms with E-state index in [4.69, 9.17) is 10.6 Å². The van der Waals surface area contributed by atoms with E-state index < -0.39 is 0 Å². The second kappa shape index (κ2) is 5.28. The number of hydrogen-bond donors (Lipinski definition) is 2. The van der Waals surface area contributed by atoms with Gasteiger partial charge in [-0.05, 0) is 25.0 Å². The molecule has 2 aromatic rings. The monoisotopic (exact) mass is 260 g/mol. The summed E-state index contributed by atoms with van der Waals surface area (Å²) in [5.74, 6) is 6.72. The Morgan fingerprint density at radius 2 is 2.37 bits per heavy atom. The van der Waals surface area contributed by atoms with Crippen molar-refractivity contribution in [3.05, 3.63) is 30.1 Å². The summed E-state index contributed by atoms with van der Waals surface area (Å²) >= 11 is 0. The van der Waals surface area contributed by atoms with Crippen LogP contribution in [-0.2, 0) is 18.2 Å². The van der Waals surface area contributed by atoms with Crippen LogP contribution in [0.2, 0.25) is 0 Å². The summed E-state index contributed by atoms with van der Waals surface area (Å²) in [6, 6.07) is 8.29. The Balaban J connectivity index is 1.85. The van der Waals surface area contributed by atoms with E-state index >= 15 is 0 Å². The van der Waals surface area contributed by atoms with Crippen LogP contribution in [0.15, 0.2) is 24.3 Å². The maximum atomic E-state index is 5.71. The van der Waals surface area contributed by atoms with Gasteiger partial charge in [0, 0.05) is 20.1 Å². The first-order valence-electron chi connectivity index (χ1n) is 6.77. The first-order chi connectivity index (χ1) is 9.29. The number of imidazole rings is 1. The second-order valence-electron chi connectivity index (χ2n) is 5.10. The van der Waals surface area contributed by atoms with E-state index in [-0.39, 0.29) is 12.1 Å². The van der Waals surface area contributed by atoms with Crippen LogP contribution in [0, 0.1) is 0 Å². The van der Waals surface area contributed by atoms with Crippen molar-refractivity contribution in [2.75, 3.05) is 6.61 Å². The van der Waals surface area contributed by atoms with Crippen LogP contribution in [0.1, 0.15) is 18.7 Å². The lowest BCUT2D eigenvalue weighted by molar-refractivity contribution is 0.0776. The SMILES string of the molecule is Cn1c(CC(NN)C2CCCO2)nc2ccccc21. The molecule has 0 spiro atoms. The minimum absolute atomic E-state index is 0.123. The predicted molar refractivity (Wildman–Crippen MR) is 74.5 cm³/mol. The lowest BCUT2D eigenvalue weighted by Crippen LogP contribution is -2.45. The lowest BCUT2D eigenvalue weighted by atomic mass is 10.1. The molecule has 2 atom stereocenters. The Hall–Kier alpha value is -1.43. The van der Waals surface area contributed by atoms with Gasteiger partial charge in [0.05, 0.1) is 23.2 Å². The molecule has 1 fully saturated rings. The van der Waals surface area contributed by atoms with Crippen LogP contribution in [0.3, 0.4) is 0 Å². The molecule has 1 saturated heterocycles. The van der Waals surface area contributed by atoms with Crippen molar-refractivity contribution in [3.8, 4) is 0 Å². The molecule has 0 radical (unpaired) electrons. The van der Waals surface area contributed by atoms with E-state index in [9.17, 15) is 0 Å². The van der Waals surface area contributed by atoms with Crippen LogP contribution in [0.4, 0.5) is 0 Å². The number of nitrogens with one attached hydrogen (secondary N) is 1. The summed E-state index contributed by atoms with van der Waals surface area (Å²) < 4.78 is 7.85. The Morgan fingerprint density at radius 3 is 3.05 bits per heavy atom. The molecular weight excluding hydrogens is 240 g/mol. The molecule has 0 saturated carbocycles. The summed E-state index contributed by atoms with van der Waals surface area (Å²) in [6.07, 6.45) is 3.17. The summed E-state index contributed by atoms with van der Waals surface area (Å²) in [6.45, 7) is 0.839. The number of para-hydroxylation sites is 2. The van der Waals surface area contributed by atoms with Crippen LogP contribution in [-0.4, -0.2) is 28.3 Å². The Morgan fingerprint density at radius 1 is 1.53 bits per heavy atom. The number of hydrazine groups is 1. The number of nitrogens with zero attached hydrogens (tertiary/aromatic N) is 2. The fourth-order valence-corrected chi connectivity index (χ4v) is 2.79. The molecule has 1 aliphatic rings. The minimum Gasteiger partial charge on any atom is -0.377 e. The molecule has 0 bridgehead atoms. The van der Waals surface area contributed by atoms with Gasteiger partial charge in [0.25, 0.3) is 0 Å². The Labute approximate surface area is 112 Å². The Kier molecular flexibility index (Phi) is 3.50. The van der Waals surface area contributed by atoms with Crippen LogP contribution in [0.25, 0.3) is 11.0 Å². The summed E-state index contributed by atoms with van der Waals surface area (Å²) in [7, 11) is 2.05. The second-order valence-corrected chi connectivity index (χ2v) is 5.10. The van der Waals surface area contributed by atoms with Gasteiger partial charge in [-0.2, -0.15) is 0 Å². The fraction of sp³-hybridized carbons (Fsp3) is 0.500. The maximum Gasteiger partial charge on any atom is 0.111 e. The molecule has 0 aliphatic carbocycles. The van der Waals surface area contributed by atoms with Crippen LogP contribution >= 0.6 is 0 Å². The zero-order valence-electron chi connectivity index (χ0n) is 11.2. The zero-order chi connectivity index (χ0) is 13.2. The first kappa shape index (κ1) is 12.6. The molecule has 5 nitrogen and oxygen atoms in total. The number of fused-ring (bicyclic) bond motifs is 1. The average Bonchev–Trinajstić information content (AvgIpc) is 3.06. The number of rotatable bonds is 4. The number of aromatic nitrogens is 2. The summed E-state index contributed by atoms with van der Waals surface area (Å²) in [5.41, 5.74) is 5.07. The van der Waals surface area contributed by atoms with E-state index in [1.807, 2.05) is 25.2 Å². The molecule has 102 valence electrons. The van der Waals surface area contributed by atoms with Gasteiger partial charge >= 0.3 is 0 Å². The minimum atomic E-state index is 0.123. The highest BCUT2D eigenvalue weighted by Gasteiger charge is 2.26. The smallest absolute Gasteiger partial charge is 0.111 e. The van der Waals surface area contributed by atoms with Gasteiger partial charge in [0.2, 0.25) is 0 Å². The van der Waals surface area contributed by atoms with Gasteiger partial charge in [-0.1, -0.05) is 12.1 Å². The van der Waals surface area contributed by atoms with Crippen molar-refractivity contribution in [2.24, 2.45) is 12.9 Å². The largest absolute Gasteiger partial charge is 0.377 e. The van der Waals surface area contributed by atoms with Gasteiger partial charge in [-0.25, -0.2) is 4.98 Å². The number of aryl methyl sites for hydroxylation is 1. The highest BCUT2D eigenvalue weighted by Crippen LogP contribution is 2.20. The summed E-state index contributed by atoms with van der Waals surface area (Å²) in [5, 5.41) is 0. The molecule has 3 rings (SSSR count). The lowest BCUT2D eigenvalue weighted by Gasteiger charge is -2.21. The van der Waals surface area contributed by atoms with Crippen LogP contribution in [0.5, 0.6) is 0 Å². The molecule has 1 aromatic heterocycles. The normalized spacial score (nSPS) is 21.1. The number of benzene rings is 1. The van der Waals surface area contributed by atoms with Crippen LogP contribution < -0.4 is 11.3 Å². The third-order valence-electron chi connectivity index (χ3n) is 3.91.